The highest BCUT2D eigenvalue weighted by Crippen LogP contribution is 2.23. The minimum atomic E-state index is -0.893. The molecule has 0 saturated carbocycles. The van der Waals surface area contributed by atoms with E-state index in [0.29, 0.717) is 38.1 Å². The first-order valence-corrected chi connectivity index (χ1v) is 15.4. The topological polar surface area (TPSA) is 139 Å². The summed E-state index contributed by atoms with van der Waals surface area (Å²) in [6.45, 7) is 11.5. The fourth-order valence-corrected chi connectivity index (χ4v) is 5.33. The maximum Gasteiger partial charge on any atom is 0.325 e. The molecule has 0 aliphatic carbocycles. The molecule has 5 bridgehead atoms. The lowest BCUT2D eigenvalue weighted by atomic mass is 10.0. The minimum absolute atomic E-state index is 0.0635. The van der Waals surface area contributed by atoms with Crippen molar-refractivity contribution in [2.45, 2.75) is 97.1 Å². The van der Waals surface area contributed by atoms with Crippen molar-refractivity contribution >= 4 is 40.7 Å². The summed E-state index contributed by atoms with van der Waals surface area (Å²) in [6, 6.07) is 7.33. The number of carbonyl (C=O) groups is 4. The smallest absolute Gasteiger partial charge is 0.325 e. The summed E-state index contributed by atoms with van der Waals surface area (Å²) >= 11 is 0. The van der Waals surface area contributed by atoms with Crippen molar-refractivity contribution in [3.8, 4) is 0 Å². The normalized spacial score (nSPS) is 26.2. The van der Waals surface area contributed by atoms with Gasteiger partial charge >= 0.3 is 5.97 Å². The Morgan fingerprint density at radius 3 is 2.55 bits per heavy atom. The van der Waals surface area contributed by atoms with Crippen LogP contribution in [0.2, 0.25) is 0 Å². The van der Waals surface area contributed by atoms with Crippen LogP contribution in [0.1, 0.15) is 84.6 Å². The largest absolute Gasteiger partial charge is 0.455 e. The van der Waals surface area contributed by atoms with Crippen LogP contribution in [0.15, 0.2) is 36.4 Å². The highest BCUT2D eigenvalue weighted by atomic mass is 16.5. The maximum atomic E-state index is 13.3. The van der Waals surface area contributed by atoms with E-state index >= 15 is 0 Å². The van der Waals surface area contributed by atoms with Crippen molar-refractivity contribution in [3.63, 3.8) is 0 Å². The van der Waals surface area contributed by atoms with Crippen molar-refractivity contribution in [2.24, 2.45) is 5.92 Å². The maximum absolute atomic E-state index is 13.3. The van der Waals surface area contributed by atoms with Gasteiger partial charge in [-0.05, 0) is 70.6 Å². The van der Waals surface area contributed by atoms with E-state index in [4.69, 9.17) is 14.5 Å². The highest BCUT2D eigenvalue weighted by molar-refractivity contribution is 5.92. The van der Waals surface area contributed by atoms with Gasteiger partial charge in [-0.2, -0.15) is 0 Å². The van der Waals surface area contributed by atoms with Crippen LogP contribution in [-0.4, -0.2) is 70.6 Å². The van der Waals surface area contributed by atoms with Gasteiger partial charge in [0.25, 0.3) is 5.91 Å². The molecule has 2 aliphatic rings. The number of nitrogens with one attached hydrogen (secondary N) is 3. The second kappa shape index (κ2) is 14.3. The lowest BCUT2D eigenvalue weighted by Crippen LogP contribution is -2.61. The summed E-state index contributed by atoms with van der Waals surface area (Å²) in [4.78, 5) is 57.3. The molecule has 4 atom stereocenters. The van der Waals surface area contributed by atoms with Crippen molar-refractivity contribution in [1.29, 1.82) is 0 Å². The number of aromatic nitrogens is 1. The summed E-state index contributed by atoms with van der Waals surface area (Å²) in [5.41, 5.74) is 4.61. The molecule has 1 aromatic carbocycles. The Morgan fingerprint density at radius 1 is 1.05 bits per heavy atom. The Kier molecular flexibility index (Phi) is 10.7. The third kappa shape index (κ3) is 8.63. The number of cyclic esters (lactones) is 1. The van der Waals surface area contributed by atoms with Crippen LogP contribution >= 0.6 is 0 Å². The number of fused-ring (bicyclic) bond motifs is 4. The number of esters is 1. The van der Waals surface area contributed by atoms with Gasteiger partial charge in [-0.1, -0.05) is 44.2 Å². The van der Waals surface area contributed by atoms with Gasteiger partial charge < -0.3 is 20.1 Å². The molecule has 1 saturated heterocycles. The van der Waals surface area contributed by atoms with Gasteiger partial charge in [-0.3, -0.25) is 24.2 Å². The number of carbonyl (C=O) groups excluding carboxylic acids is 4. The average Bonchev–Trinajstić information content (AvgIpc) is 2.97. The van der Waals surface area contributed by atoms with E-state index in [0.717, 1.165) is 16.5 Å². The molecule has 1 fully saturated rings. The molecule has 2 aromatic rings. The first-order valence-electron chi connectivity index (χ1n) is 15.4. The zero-order valence-electron chi connectivity index (χ0n) is 26.5. The predicted octanol–water partition coefficient (Wildman–Crippen LogP) is 3.58. The number of nitrogens with zero attached hydrogens (tertiary/aromatic N) is 2. The van der Waals surface area contributed by atoms with Gasteiger partial charge in [0, 0.05) is 11.9 Å². The van der Waals surface area contributed by atoms with Gasteiger partial charge in [0.1, 0.15) is 24.2 Å². The number of ether oxygens (including phenoxy) is 2. The van der Waals surface area contributed by atoms with E-state index in [-0.39, 0.29) is 18.2 Å². The van der Waals surface area contributed by atoms with Crippen LogP contribution in [0, 0.1) is 5.92 Å². The number of rotatable bonds is 1. The quantitative estimate of drug-likeness (QED) is 0.418. The second-order valence-corrected chi connectivity index (χ2v) is 12.6. The molecule has 4 rings (SSSR count). The molecule has 0 spiro atoms. The van der Waals surface area contributed by atoms with Crippen molar-refractivity contribution in [1.82, 2.24) is 26.1 Å². The highest BCUT2D eigenvalue weighted by Gasteiger charge is 2.34. The monoisotopic (exact) mass is 607 g/mol. The van der Waals surface area contributed by atoms with Crippen LogP contribution < -0.4 is 16.1 Å². The fourth-order valence-electron chi connectivity index (χ4n) is 5.33. The lowest BCUT2D eigenvalue weighted by Gasteiger charge is -2.35. The minimum Gasteiger partial charge on any atom is -0.455 e. The van der Waals surface area contributed by atoms with Crippen molar-refractivity contribution in [2.75, 3.05) is 13.2 Å². The molecule has 11 nitrogen and oxygen atoms in total. The van der Waals surface area contributed by atoms with Crippen molar-refractivity contribution in [3.05, 3.63) is 47.7 Å². The van der Waals surface area contributed by atoms with E-state index in [1.807, 2.05) is 70.2 Å². The zero-order valence-corrected chi connectivity index (χ0v) is 26.5. The average molecular weight is 608 g/mol. The standard InChI is InChI=1S/C33H45N5O6/c1-20(2)29-30(40)34-21(3)31(41)38-16-9-11-26(37-38)32(42)44-22(4)25-15-14-24-13-12-23(18-27(24)35-25)10-7-8-17-43-33(5,6)19-28(39)36-29/h7,10,12-15,18,20-22,26,29,37H,8-9,11,16-17,19H2,1-6H3,(H,34,40)(H,36,39). The molecule has 44 heavy (non-hydrogen) atoms. The molecule has 3 N–H and O–H groups in total. The molecule has 4 unspecified atom stereocenters. The molecule has 3 amide bonds. The van der Waals surface area contributed by atoms with E-state index in [2.05, 4.69) is 16.1 Å². The number of pyridine rings is 1. The number of amides is 3. The SMILES string of the molecule is CC1NC(=O)C(C(C)C)NC(=O)CC(C)(C)OCCC=Cc2ccc3ccc(nc3c2)C(C)OC(=O)C2CCCN(N2)C1=O. The Balaban J connectivity index is 1.58. The van der Waals surface area contributed by atoms with Gasteiger partial charge in [-0.25, -0.2) is 10.4 Å². The van der Waals surface area contributed by atoms with Gasteiger partial charge in [0.2, 0.25) is 11.8 Å². The van der Waals surface area contributed by atoms with Gasteiger partial charge in [0.05, 0.1) is 29.8 Å². The first-order chi connectivity index (χ1) is 20.8. The summed E-state index contributed by atoms with van der Waals surface area (Å²) in [5.74, 6) is -1.87. The Hall–Kier alpha value is -3.83. The zero-order chi connectivity index (χ0) is 32.0. The van der Waals surface area contributed by atoms with Crippen LogP contribution in [0.3, 0.4) is 0 Å². The molecule has 11 heteroatoms. The molecule has 2 aliphatic heterocycles. The molecule has 0 radical (unpaired) electrons. The van der Waals surface area contributed by atoms with Crippen LogP contribution in [0.5, 0.6) is 0 Å². The van der Waals surface area contributed by atoms with Crippen LogP contribution in [-0.2, 0) is 28.7 Å². The predicted molar refractivity (Wildman–Crippen MR) is 167 cm³/mol. The summed E-state index contributed by atoms with van der Waals surface area (Å²) in [7, 11) is 0. The second-order valence-electron chi connectivity index (χ2n) is 12.6. The number of hydrogen-bond acceptors (Lipinski definition) is 8. The van der Waals surface area contributed by atoms with E-state index in [9.17, 15) is 19.2 Å². The molecular formula is C33H45N5O6. The van der Waals surface area contributed by atoms with E-state index in [1.165, 1.54) is 5.01 Å². The van der Waals surface area contributed by atoms with Crippen LogP contribution in [0.4, 0.5) is 0 Å². The molecule has 1 aromatic heterocycles. The Morgan fingerprint density at radius 2 is 1.80 bits per heavy atom. The Labute approximate surface area is 259 Å². The molecular weight excluding hydrogens is 562 g/mol. The first kappa shape index (κ1) is 33.1. The van der Waals surface area contributed by atoms with Gasteiger partial charge in [-0.15, -0.1) is 0 Å². The fraction of sp³-hybridized carbons (Fsp3) is 0.545. The number of hydrazine groups is 1. The third-order valence-electron chi connectivity index (χ3n) is 7.85. The number of benzene rings is 1. The van der Waals surface area contributed by atoms with Gasteiger partial charge in [0.15, 0.2) is 0 Å². The Bertz CT molecular complexity index is 1410. The molecule has 238 valence electrons. The summed E-state index contributed by atoms with van der Waals surface area (Å²) in [5, 5.41) is 7.89. The molecule has 3 heterocycles. The van der Waals surface area contributed by atoms with Crippen LogP contribution in [0.25, 0.3) is 17.0 Å². The third-order valence-corrected chi connectivity index (χ3v) is 7.85. The summed E-state index contributed by atoms with van der Waals surface area (Å²) in [6.07, 6.45) is 5.19. The van der Waals surface area contributed by atoms with E-state index in [1.54, 1.807) is 13.8 Å². The lowest BCUT2D eigenvalue weighted by molar-refractivity contribution is -0.157. The number of hydrogen-bond donors (Lipinski definition) is 3. The van der Waals surface area contributed by atoms with E-state index < -0.39 is 47.6 Å². The van der Waals surface area contributed by atoms with Crippen molar-refractivity contribution < 1.29 is 28.7 Å². The summed E-state index contributed by atoms with van der Waals surface area (Å²) < 4.78 is 11.8.